The predicted octanol–water partition coefficient (Wildman–Crippen LogP) is 0.879. The fraction of sp³-hybridized carbons (Fsp3) is 0.231. The van der Waals surface area contributed by atoms with Crippen molar-refractivity contribution >= 4 is 17.6 Å². The van der Waals surface area contributed by atoms with Crippen molar-refractivity contribution in [2.45, 2.75) is 6.42 Å². The van der Waals surface area contributed by atoms with Gasteiger partial charge < -0.3 is 10.0 Å². The van der Waals surface area contributed by atoms with E-state index in [-0.39, 0.29) is 18.9 Å². The van der Waals surface area contributed by atoms with E-state index < -0.39 is 11.9 Å². The summed E-state index contributed by atoms with van der Waals surface area (Å²) in [5.41, 5.74) is 0.820. The molecule has 1 unspecified atom stereocenters. The number of nitrogens with zero attached hydrogens (tertiary/aromatic N) is 3. The summed E-state index contributed by atoms with van der Waals surface area (Å²) in [5, 5.41) is 17.8. The van der Waals surface area contributed by atoms with Gasteiger partial charge in [0, 0.05) is 25.2 Å². The molecule has 1 N–H and O–H groups in total. The van der Waals surface area contributed by atoms with Crippen molar-refractivity contribution < 1.29 is 14.7 Å². The summed E-state index contributed by atoms with van der Waals surface area (Å²) >= 11 is 0. The summed E-state index contributed by atoms with van der Waals surface area (Å²) < 4.78 is 0. The standard InChI is InChI=1S/C13H11N3O3/c14-5-4-11(10-3-1-2-6-15-10)16-8-9(13(18)19)7-12(16)17/h1-4,6,9H,7-8H2,(H,18,19). The van der Waals surface area contributed by atoms with Crippen molar-refractivity contribution in [3.8, 4) is 6.07 Å². The van der Waals surface area contributed by atoms with Crippen molar-refractivity contribution in [3.63, 3.8) is 0 Å². The maximum atomic E-state index is 11.9. The van der Waals surface area contributed by atoms with E-state index in [0.717, 1.165) is 0 Å². The van der Waals surface area contributed by atoms with Gasteiger partial charge in [0.05, 0.1) is 23.4 Å². The topological polar surface area (TPSA) is 94.3 Å². The van der Waals surface area contributed by atoms with Gasteiger partial charge in [0.25, 0.3) is 0 Å². The van der Waals surface area contributed by atoms with Crippen molar-refractivity contribution in [2.75, 3.05) is 6.54 Å². The third-order valence-electron chi connectivity index (χ3n) is 2.89. The van der Waals surface area contributed by atoms with Crippen molar-refractivity contribution in [3.05, 3.63) is 36.2 Å². The van der Waals surface area contributed by atoms with Crippen LogP contribution in [0.4, 0.5) is 0 Å². The number of aliphatic carboxylic acids is 1. The van der Waals surface area contributed by atoms with Crippen molar-refractivity contribution in [2.24, 2.45) is 5.92 Å². The molecular weight excluding hydrogens is 246 g/mol. The van der Waals surface area contributed by atoms with Crippen molar-refractivity contribution in [1.29, 1.82) is 5.26 Å². The number of likely N-dealkylation sites (tertiary alicyclic amines) is 1. The Morgan fingerprint density at radius 3 is 2.89 bits per heavy atom. The highest BCUT2D eigenvalue weighted by Crippen LogP contribution is 2.26. The normalized spacial score (nSPS) is 19.3. The summed E-state index contributed by atoms with van der Waals surface area (Å²) in [6.07, 6.45) is 2.71. The quantitative estimate of drug-likeness (QED) is 0.811. The summed E-state index contributed by atoms with van der Waals surface area (Å²) in [6, 6.07) is 7.00. The van der Waals surface area contributed by atoms with E-state index in [9.17, 15) is 9.59 Å². The summed E-state index contributed by atoms with van der Waals surface area (Å²) in [4.78, 5) is 28.2. The molecule has 1 aliphatic rings. The van der Waals surface area contributed by atoms with Crippen LogP contribution in [0.5, 0.6) is 0 Å². The summed E-state index contributed by atoms with van der Waals surface area (Å²) in [5.74, 6) is -2.05. The van der Waals surface area contributed by atoms with Crippen LogP contribution in [0.15, 0.2) is 30.5 Å². The second-order valence-electron chi connectivity index (χ2n) is 4.12. The molecule has 1 saturated heterocycles. The number of carboxylic acid groups (broad SMARTS) is 1. The first-order chi connectivity index (χ1) is 9.13. The van der Waals surface area contributed by atoms with Crippen LogP contribution in [-0.2, 0) is 9.59 Å². The zero-order valence-corrected chi connectivity index (χ0v) is 9.98. The SMILES string of the molecule is N#CC=C(c1ccccn1)N1CC(C(=O)O)CC1=O. The Labute approximate surface area is 109 Å². The molecule has 1 aromatic rings. The molecule has 0 spiro atoms. The predicted molar refractivity (Wildman–Crippen MR) is 65.3 cm³/mol. The molecule has 6 nitrogen and oxygen atoms in total. The maximum Gasteiger partial charge on any atom is 0.308 e. The molecule has 0 bridgehead atoms. The van der Waals surface area contributed by atoms with E-state index in [1.54, 1.807) is 24.4 Å². The van der Waals surface area contributed by atoms with Gasteiger partial charge in [0.1, 0.15) is 0 Å². The number of hydrogen-bond donors (Lipinski definition) is 1. The molecule has 0 aliphatic carbocycles. The Hall–Kier alpha value is -2.68. The van der Waals surface area contributed by atoms with E-state index in [0.29, 0.717) is 11.4 Å². The Morgan fingerprint density at radius 1 is 1.58 bits per heavy atom. The maximum absolute atomic E-state index is 11.9. The van der Waals surface area contributed by atoms with Crippen molar-refractivity contribution in [1.82, 2.24) is 9.88 Å². The minimum absolute atomic E-state index is 0.0507. The fourth-order valence-corrected chi connectivity index (χ4v) is 1.97. The molecule has 1 amide bonds. The van der Waals surface area contributed by atoms with Crippen LogP contribution in [0.25, 0.3) is 5.70 Å². The van der Waals surface area contributed by atoms with E-state index in [1.165, 1.54) is 11.0 Å². The van der Waals surface area contributed by atoms with Gasteiger partial charge in [0.15, 0.2) is 0 Å². The molecule has 1 aliphatic heterocycles. The monoisotopic (exact) mass is 257 g/mol. The van der Waals surface area contributed by atoms with Gasteiger partial charge in [-0.1, -0.05) is 6.07 Å². The van der Waals surface area contributed by atoms with Crippen LogP contribution < -0.4 is 0 Å². The number of allylic oxidation sites excluding steroid dienone is 1. The summed E-state index contributed by atoms with van der Waals surface area (Å²) in [7, 11) is 0. The largest absolute Gasteiger partial charge is 0.481 e. The Balaban J connectivity index is 2.33. The van der Waals surface area contributed by atoms with Gasteiger partial charge in [-0.2, -0.15) is 5.26 Å². The van der Waals surface area contributed by atoms with Gasteiger partial charge in [-0.15, -0.1) is 0 Å². The minimum atomic E-state index is -1.01. The number of nitriles is 1. The highest BCUT2D eigenvalue weighted by molar-refractivity contribution is 5.92. The van der Waals surface area contributed by atoms with Gasteiger partial charge in [-0.05, 0) is 12.1 Å². The molecule has 96 valence electrons. The lowest BCUT2D eigenvalue weighted by atomic mass is 10.1. The molecule has 2 rings (SSSR count). The number of rotatable bonds is 3. The number of carbonyl (C=O) groups is 2. The molecule has 19 heavy (non-hydrogen) atoms. The molecule has 1 aromatic heterocycles. The average Bonchev–Trinajstić information content (AvgIpc) is 2.79. The molecule has 0 saturated carbocycles. The van der Waals surface area contributed by atoms with Gasteiger partial charge >= 0.3 is 5.97 Å². The number of carbonyl (C=O) groups excluding carboxylic acids is 1. The summed E-state index contributed by atoms with van der Waals surface area (Å²) in [6.45, 7) is 0.0677. The van der Waals surface area contributed by atoms with E-state index >= 15 is 0 Å². The Morgan fingerprint density at radius 2 is 2.37 bits per heavy atom. The van der Waals surface area contributed by atoms with Crippen LogP contribution in [-0.4, -0.2) is 33.4 Å². The molecule has 0 aromatic carbocycles. The van der Waals surface area contributed by atoms with Crippen LogP contribution in [0, 0.1) is 17.2 Å². The van der Waals surface area contributed by atoms with Crippen LogP contribution >= 0.6 is 0 Å². The van der Waals surface area contributed by atoms with Gasteiger partial charge in [-0.25, -0.2) is 0 Å². The molecule has 6 heteroatoms. The zero-order valence-electron chi connectivity index (χ0n) is 9.98. The number of hydrogen-bond acceptors (Lipinski definition) is 4. The molecule has 0 radical (unpaired) electrons. The number of carboxylic acids is 1. The third-order valence-corrected chi connectivity index (χ3v) is 2.89. The Bertz CT molecular complexity index is 575. The lowest BCUT2D eigenvalue weighted by molar-refractivity contribution is -0.141. The van der Waals surface area contributed by atoms with Gasteiger partial charge in [0.2, 0.25) is 5.91 Å². The lowest BCUT2D eigenvalue weighted by Crippen LogP contribution is -2.25. The highest BCUT2D eigenvalue weighted by Gasteiger charge is 2.36. The van der Waals surface area contributed by atoms with E-state index in [1.807, 2.05) is 6.07 Å². The molecule has 1 fully saturated rings. The molecule has 2 heterocycles. The fourth-order valence-electron chi connectivity index (χ4n) is 1.97. The first kappa shape index (κ1) is 12.8. The highest BCUT2D eigenvalue weighted by atomic mass is 16.4. The first-order valence-electron chi connectivity index (χ1n) is 5.68. The number of amides is 1. The van der Waals surface area contributed by atoms with Crippen LogP contribution in [0.3, 0.4) is 0 Å². The number of aromatic nitrogens is 1. The second kappa shape index (κ2) is 5.31. The minimum Gasteiger partial charge on any atom is -0.481 e. The number of pyridine rings is 1. The lowest BCUT2D eigenvalue weighted by Gasteiger charge is -2.18. The molecular formula is C13H11N3O3. The third kappa shape index (κ3) is 2.60. The second-order valence-corrected chi connectivity index (χ2v) is 4.12. The average molecular weight is 257 g/mol. The van der Waals surface area contributed by atoms with E-state index in [2.05, 4.69) is 4.98 Å². The van der Waals surface area contributed by atoms with Gasteiger partial charge in [-0.3, -0.25) is 14.6 Å². The smallest absolute Gasteiger partial charge is 0.308 e. The van der Waals surface area contributed by atoms with Crippen LogP contribution in [0.2, 0.25) is 0 Å². The van der Waals surface area contributed by atoms with E-state index in [4.69, 9.17) is 10.4 Å². The first-order valence-corrected chi connectivity index (χ1v) is 5.68. The van der Waals surface area contributed by atoms with Crippen LogP contribution in [0.1, 0.15) is 12.1 Å². The molecule has 1 atom stereocenters. The Kier molecular flexibility index (Phi) is 3.57. The zero-order chi connectivity index (χ0) is 13.8.